The van der Waals surface area contributed by atoms with Gasteiger partial charge in [-0.2, -0.15) is 0 Å². The average Bonchev–Trinajstić information content (AvgIpc) is 3.20. The third-order valence-corrected chi connectivity index (χ3v) is 8.21. The Morgan fingerprint density at radius 2 is 1.32 bits per heavy atom. The maximum atomic E-state index is 11.2. The molecule has 3 heteroatoms. The van der Waals surface area contributed by atoms with Crippen molar-refractivity contribution in [3.63, 3.8) is 0 Å². The molecule has 0 aliphatic heterocycles. The molecule has 0 saturated heterocycles. The van der Waals surface area contributed by atoms with Gasteiger partial charge in [0.2, 0.25) is 0 Å². The van der Waals surface area contributed by atoms with Gasteiger partial charge in [0.05, 0.1) is 0 Å². The molecule has 0 spiro atoms. The zero-order chi connectivity index (χ0) is 19.2. The second-order valence-corrected chi connectivity index (χ2v) is 10.0. The van der Waals surface area contributed by atoms with Gasteiger partial charge in [0, 0.05) is 0 Å². The Labute approximate surface area is 173 Å². The Morgan fingerprint density at radius 3 is 1.96 bits per heavy atom. The van der Waals surface area contributed by atoms with Crippen LogP contribution in [0.5, 0.6) is 0 Å². The van der Waals surface area contributed by atoms with Gasteiger partial charge in [-0.3, -0.25) is 0 Å². The van der Waals surface area contributed by atoms with Crippen molar-refractivity contribution in [2.24, 2.45) is 0 Å². The molecular weight excluding hydrogens is 411 g/mol. The van der Waals surface area contributed by atoms with E-state index in [4.69, 9.17) is 4.74 Å². The summed E-state index contributed by atoms with van der Waals surface area (Å²) in [6, 6.07) is 30.8. The minimum atomic E-state index is -0.672. The van der Waals surface area contributed by atoms with Crippen molar-refractivity contribution >= 4 is 19.4 Å². The molecule has 0 unspecified atom stereocenters. The van der Waals surface area contributed by atoms with E-state index in [0.29, 0.717) is 19.8 Å². The molecule has 0 heterocycles. The summed E-state index contributed by atoms with van der Waals surface area (Å²) in [7, 11) is 0. The number of ether oxygens (including phenoxy) is 1. The van der Waals surface area contributed by atoms with Crippen LogP contribution in [0.15, 0.2) is 91.0 Å². The van der Waals surface area contributed by atoms with Crippen molar-refractivity contribution in [2.75, 3.05) is 0 Å². The van der Waals surface area contributed by atoms with Crippen molar-refractivity contribution in [1.29, 1.82) is 0 Å². The molecule has 0 bridgehead atoms. The average molecular weight is 437 g/mol. The Kier molecular flexibility index (Phi) is 6.61. The van der Waals surface area contributed by atoms with Crippen LogP contribution in [0.1, 0.15) is 42.6 Å². The first kappa shape index (κ1) is 19.4. The van der Waals surface area contributed by atoms with Crippen LogP contribution in [0.25, 0.3) is 0 Å². The summed E-state index contributed by atoms with van der Waals surface area (Å²) in [5, 5.41) is 11.2. The third-order valence-electron chi connectivity index (χ3n) is 5.30. The zero-order valence-electron chi connectivity index (χ0n) is 15.9. The van der Waals surface area contributed by atoms with Gasteiger partial charge < -0.3 is 0 Å². The molecule has 1 N–H and O–H groups in total. The van der Waals surface area contributed by atoms with Gasteiger partial charge in [0.1, 0.15) is 0 Å². The van der Waals surface area contributed by atoms with Crippen LogP contribution in [0.3, 0.4) is 0 Å². The van der Waals surface area contributed by atoms with E-state index in [-0.39, 0.29) is 12.2 Å². The van der Waals surface area contributed by atoms with E-state index in [1.54, 1.807) is 0 Å². The van der Waals surface area contributed by atoms with Crippen LogP contribution in [0.4, 0.5) is 0 Å². The number of aliphatic hydroxyl groups is 1. The normalized spacial score (nSPS) is 21.3. The molecule has 4 rings (SSSR count). The first-order valence-corrected chi connectivity index (χ1v) is 11.8. The Hall–Kier alpha value is -1.90. The molecule has 1 fully saturated rings. The van der Waals surface area contributed by atoms with Crippen molar-refractivity contribution in [3.05, 3.63) is 102 Å². The van der Waals surface area contributed by atoms with Gasteiger partial charge in [-0.25, -0.2) is 0 Å². The Balaban J connectivity index is 1.55. The number of aliphatic hydroxyl groups excluding tert-OH is 1. The third kappa shape index (κ3) is 4.74. The molecule has 1 aliphatic carbocycles. The fraction of sp³-hybridized carbons (Fsp3) is 0.280. The van der Waals surface area contributed by atoms with Crippen LogP contribution in [0, 0.1) is 0 Å². The predicted octanol–water partition coefficient (Wildman–Crippen LogP) is 4.85. The molecule has 1 saturated carbocycles. The number of rotatable bonds is 7. The van der Waals surface area contributed by atoms with Crippen LogP contribution in [-0.2, 0) is 4.74 Å². The maximum absolute atomic E-state index is 11.2. The van der Waals surface area contributed by atoms with Crippen molar-refractivity contribution in [1.82, 2.24) is 0 Å². The molecule has 0 amide bonds. The van der Waals surface area contributed by atoms with Crippen LogP contribution in [0.2, 0.25) is 4.82 Å². The zero-order valence-corrected chi connectivity index (χ0v) is 17.6. The van der Waals surface area contributed by atoms with Crippen molar-refractivity contribution < 1.29 is 9.84 Å². The second kappa shape index (κ2) is 9.54. The van der Waals surface area contributed by atoms with E-state index in [0.717, 1.165) is 17.5 Å². The van der Waals surface area contributed by atoms with E-state index >= 15 is 0 Å². The second-order valence-electron chi connectivity index (χ2n) is 7.26. The van der Waals surface area contributed by atoms with Crippen LogP contribution in [-0.4, -0.2) is 26.2 Å². The summed E-state index contributed by atoms with van der Waals surface area (Å²) in [6.07, 6.45) is 2.66. The summed E-state index contributed by atoms with van der Waals surface area (Å²) in [5.74, 6) is 0. The molecule has 28 heavy (non-hydrogen) atoms. The predicted molar refractivity (Wildman–Crippen MR) is 115 cm³/mol. The molecule has 1 aliphatic rings. The molecule has 3 aromatic rings. The molecule has 3 aromatic carbocycles. The van der Waals surface area contributed by atoms with Crippen molar-refractivity contribution in [2.45, 2.75) is 42.4 Å². The number of hydrogen-bond acceptors (Lipinski definition) is 2. The summed E-state index contributed by atoms with van der Waals surface area (Å²) in [5.41, 5.74) is 1.94. The molecule has 144 valence electrons. The first-order valence-electron chi connectivity index (χ1n) is 9.96. The van der Waals surface area contributed by atoms with E-state index < -0.39 is 6.10 Å². The van der Waals surface area contributed by atoms with Crippen molar-refractivity contribution in [3.8, 4) is 0 Å². The monoisotopic (exact) mass is 438 g/mol. The number of benzene rings is 3. The van der Waals surface area contributed by atoms with Gasteiger partial charge in [0.25, 0.3) is 0 Å². The molecule has 0 radical (unpaired) electrons. The summed E-state index contributed by atoms with van der Waals surface area (Å²) in [6.45, 7) is 0. The summed E-state index contributed by atoms with van der Waals surface area (Å²) >= 11 is 0.390. The fourth-order valence-electron chi connectivity index (χ4n) is 3.85. The summed E-state index contributed by atoms with van der Waals surface area (Å²) < 4.78 is 8.09. The molecule has 4 atom stereocenters. The standard InChI is InChI=1S/C25H26O2Se/c26-24(19-11-4-1-5-12-19)25(20-13-6-2-7-14-20)27-22-17-10-18-23(22)28-21-15-8-3-9-16-21/h1-9,11-16,22-26H,10,17-18H2/t22-,23-,24-,25-/m1/s1. The number of hydrogen-bond donors (Lipinski definition) is 1. The molecular formula is C25H26O2Se. The topological polar surface area (TPSA) is 29.5 Å². The molecule has 2 nitrogen and oxygen atoms in total. The Bertz CT molecular complexity index is 838. The quantitative estimate of drug-likeness (QED) is 0.536. The Morgan fingerprint density at radius 1 is 0.750 bits per heavy atom. The van der Waals surface area contributed by atoms with E-state index in [2.05, 4.69) is 42.5 Å². The summed E-state index contributed by atoms with van der Waals surface area (Å²) in [4.78, 5) is 0.559. The van der Waals surface area contributed by atoms with E-state index in [1.807, 2.05) is 48.5 Å². The van der Waals surface area contributed by atoms with Crippen LogP contribution < -0.4 is 4.46 Å². The van der Waals surface area contributed by atoms with Gasteiger partial charge in [-0.05, 0) is 0 Å². The molecule has 0 aromatic heterocycles. The fourth-order valence-corrected chi connectivity index (χ4v) is 6.58. The minimum absolute atomic E-state index is 0.198. The van der Waals surface area contributed by atoms with Gasteiger partial charge >= 0.3 is 174 Å². The van der Waals surface area contributed by atoms with E-state index in [9.17, 15) is 5.11 Å². The first-order chi connectivity index (χ1) is 13.8. The van der Waals surface area contributed by atoms with E-state index in [1.165, 1.54) is 17.3 Å². The van der Waals surface area contributed by atoms with Gasteiger partial charge in [-0.15, -0.1) is 0 Å². The van der Waals surface area contributed by atoms with Gasteiger partial charge in [0.15, 0.2) is 0 Å². The van der Waals surface area contributed by atoms with Gasteiger partial charge in [-0.1, -0.05) is 0 Å². The van der Waals surface area contributed by atoms with Crippen LogP contribution >= 0.6 is 0 Å². The SMILES string of the molecule is O[C@H](c1ccccc1)[C@H](O[C@@H]1CCC[C@H]1[Se]c1ccccc1)c1ccccc1.